The first kappa shape index (κ1) is 36.3. The Morgan fingerprint density at radius 2 is 2.06 bits per heavy atom. The molecule has 4 heterocycles. The van der Waals surface area contributed by atoms with E-state index >= 15 is 0 Å². The number of carbonyl (C=O) groups excluding carboxylic acids is 2. The molecule has 12 heteroatoms. The van der Waals surface area contributed by atoms with Crippen molar-refractivity contribution in [2.24, 2.45) is 22.1 Å². The van der Waals surface area contributed by atoms with Crippen LogP contribution in [0.5, 0.6) is 5.75 Å². The largest absolute Gasteiger partial charge is 0.490 e. The smallest absolute Gasteiger partial charge is 0.286 e. The fraction of sp³-hybridized carbons (Fsp3) is 0.512. The van der Waals surface area contributed by atoms with Crippen LogP contribution in [0.2, 0.25) is 5.02 Å². The number of nitrogens with zero attached hydrogens (tertiary/aromatic N) is 3. The molecule has 2 bridgehead atoms. The van der Waals surface area contributed by atoms with Crippen molar-refractivity contribution in [1.29, 1.82) is 0 Å². The normalized spacial score (nSPS) is 30.4. The van der Waals surface area contributed by atoms with Gasteiger partial charge in [-0.15, -0.1) is 4.36 Å². The lowest BCUT2D eigenvalue weighted by Crippen LogP contribution is -2.49. The van der Waals surface area contributed by atoms with E-state index in [1.165, 1.54) is 11.1 Å². The van der Waals surface area contributed by atoms with Gasteiger partial charge in [-0.1, -0.05) is 36.7 Å². The van der Waals surface area contributed by atoms with Gasteiger partial charge in [0.25, 0.3) is 11.8 Å². The molecule has 1 fully saturated rings. The number of methoxy groups -OCH3 is 1. The summed E-state index contributed by atoms with van der Waals surface area (Å²) in [4.78, 5) is 30.3. The molecule has 8 rings (SSSR count). The molecule has 1 saturated carbocycles. The highest BCUT2D eigenvalue weighted by Gasteiger charge is 2.44. The Hall–Kier alpha value is -3.64. The number of hydrogen-bond acceptors (Lipinski definition) is 7. The van der Waals surface area contributed by atoms with Crippen LogP contribution in [-0.4, -0.2) is 65.9 Å². The molecule has 1 spiro atoms. The van der Waals surface area contributed by atoms with Crippen LogP contribution in [-0.2, 0) is 44.4 Å². The predicted octanol–water partition coefficient (Wildman–Crippen LogP) is 7.04. The quantitative estimate of drug-likeness (QED) is 0.285. The van der Waals surface area contributed by atoms with Crippen LogP contribution in [0, 0.1) is 24.7 Å². The van der Waals surface area contributed by atoms with E-state index < -0.39 is 21.7 Å². The van der Waals surface area contributed by atoms with Gasteiger partial charge >= 0.3 is 0 Å². The summed E-state index contributed by atoms with van der Waals surface area (Å²) in [7, 11) is -1.77. The summed E-state index contributed by atoms with van der Waals surface area (Å²) in [5.74, 6) is 0.159. The van der Waals surface area contributed by atoms with Crippen molar-refractivity contribution in [3.05, 3.63) is 93.3 Å². The van der Waals surface area contributed by atoms with E-state index in [-0.39, 0.29) is 23.2 Å². The third kappa shape index (κ3) is 7.06. The first-order valence-electron chi connectivity index (χ1n) is 18.9. The molecule has 0 unspecified atom stereocenters. The van der Waals surface area contributed by atoms with Crippen LogP contribution >= 0.6 is 11.6 Å². The standard InChI is InChI=1S/C41H49ClN4O6S/c1-26-6-4-8-37(50-3)32-12-9-30(32)20-46-24-41(15-5-7-28-18-31(42)11-13-34(28)41)25-52-38-14-10-29(19-35(38)46)39(47)43-53(49,23-26)44-40(48)33-21-45-16-17-51-22-36(45)27(33)2/h4,8,10-11,13-14,18-19,21,26,30,32,37H,5-7,9,12,15-17,20,22-25H2,1-3H3,(H,43,44,47,48,49)/b8-4+/t26-,30-,32+,37-,41-,53-/m0/s1. The van der Waals surface area contributed by atoms with Crippen molar-refractivity contribution in [2.75, 3.05) is 44.1 Å². The minimum Gasteiger partial charge on any atom is -0.490 e. The van der Waals surface area contributed by atoms with Crippen molar-refractivity contribution in [3.63, 3.8) is 0 Å². The van der Waals surface area contributed by atoms with Crippen LogP contribution < -0.4 is 14.4 Å². The average Bonchev–Trinajstić information content (AvgIpc) is 3.38. The highest BCUT2D eigenvalue weighted by atomic mass is 35.5. The van der Waals surface area contributed by atoms with Crippen LogP contribution in [0.25, 0.3) is 0 Å². The molecule has 2 amide bonds. The Labute approximate surface area is 317 Å². The summed E-state index contributed by atoms with van der Waals surface area (Å²) in [6, 6.07) is 11.6. The van der Waals surface area contributed by atoms with Gasteiger partial charge in [0.15, 0.2) is 0 Å². The molecular formula is C41H49ClN4O6S. The number of halogens is 1. The zero-order chi connectivity index (χ0) is 36.9. The summed E-state index contributed by atoms with van der Waals surface area (Å²) < 4.78 is 42.2. The van der Waals surface area contributed by atoms with Gasteiger partial charge in [0.05, 0.1) is 42.9 Å². The van der Waals surface area contributed by atoms with Crippen molar-refractivity contribution in [2.45, 2.75) is 77.0 Å². The molecular weight excluding hydrogens is 712 g/mol. The minimum atomic E-state index is -3.54. The number of nitrogens with one attached hydrogen (secondary N) is 1. The highest BCUT2D eigenvalue weighted by molar-refractivity contribution is 7.92. The molecule has 3 aromatic rings. The van der Waals surface area contributed by atoms with E-state index in [0.29, 0.717) is 61.5 Å². The summed E-state index contributed by atoms with van der Waals surface area (Å²) >= 11 is 6.47. The van der Waals surface area contributed by atoms with Gasteiger partial charge < -0.3 is 23.7 Å². The van der Waals surface area contributed by atoms with Crippen molar-refractivity contribution >= 4 is 39.0 Å². The van der Waals surface area contributed by atoms with E-state index in [1.807, 2.05) is 36.6 Å². The molecule has 2 aliphatic carbocycles. The summed E-state index contributed by atoms with van der Waals surface area (Å²) in [5.41, 5.74) is 5.51. The first-order chi connectivity index (χ1) is 25.5. The highest BCUT2D eigenvalue weighted by Crippen LogP contribution is 2.47. The third-order valence-corrected chi connectivity index (χ3v) is 14.4. The second kappa shape index (κ2) is 14.5. The Kier molecular flexibility index (Phi) is 9.97. The number of ether oxygens (including phenoxy) is 3. The van der Waals surface area contributed by atoms with E-state index in [9.17, 15) is 13.8 Å². The number of fused-ring (bicyclic) bond motifs is 5. The summed E-state index contributed by atoms with van der Waals surface area (Å²) in [5, 5.41) is 0.742. The zero-order valence-corrected chi connectivity index (χ0v) is 32.3. The average molecular weight is 761 g/mol. The molecule has 5 aliphatic rings. The molecule has 1 N–H and O–H groups in total. The van der Waals surface area contributed by atoms with Gasteiger partial charge in [-0.05, 0) is 110 Å². The molecule has 1 aromatic heterocycles. The summed E-state index contributed by atoms with van der Waals surface area (Å²) in [6.45, 7) is 7.45. The van der Waals surface area contributed by atoms with Crippen LogP contribution in [0.15, 0.2) is 59.1 Å². The Balaban J connectivity index is 1.19. The first-order valence-corrected chi connectivity index (χ1v) is 21.0. The Bertz CT molecular complexity index is 2090. The number of anilines is 1. The van der Waals surface area contributed by atoms with E-state index in [0.717, 1.165) is 67.2 Å². The second-order valence-corrected chi connectivity index (χ2v) is 18.2. The molecule has 6 atom stereocenters. The van der Waals surface area contributed by atoms with E-state index in [1.54, 1.807) is 19.4 Å². The third-order valence-electron chi connectivity index (χ3n) is 12.2. The van der Waals surface area contributed by atoms with Gasteiger partial charge in [0.2, 0.25) is 0 Å². The number of hydrogen-bond donors (Lipinski definition) is 1. The van der Waals surface area contributed by atoms with E-state index in [4.69, 9.17) is 25.8 Å². The van der Waals surface area contributed by atoms with Crippen LogP contribution in [0.4, 0.5) is 5.69 Å². The number of amides is 2. The van der Waals surface area contributed by atoms with Gasteiger partial charge in [-0.2, -0.15) is 0 Å². The maximum atomic E-state index is 14.7. The lowest BCUT2D eigenvalue weighted by molar-refractivity contribution is 0.0131. The van der Waals surface area contributed by atoms with E-state index in [2.05, 4.69) is 38.3 Å². The van der Waals surface area contributed by atoms with Gasteiger partial charge in [0, 0.05) is 54.6 Å². The Morgan fingerprint density at radius 3 is 2.85 bits per heavy atom. The van der Waals surface area contributed by atoms with Crippen LogP contribution in [0.1, 0.15) is 82.1 Å². The number of aromatic nitrogens is 1. The van der Waals surface area contributed by atoms with Crippen molar-refractivity contribution in [1.82, 2.24) is 9.29 Å². The second-order valence-electron chi connectivity index (χ2n) is 15.8. The SMILES string of the molecule is CO[C@H]1/C=C/C[C@H](C)C[S@@](=O)(NC(=O)c2cn3c(c2C)COCC3)=NC(=O)c2ccc3c(c2)N(C[C@@H]2CC[C@H]21)C[C@@]1(CCCc2cc(Cl)ccc21)CO3. The maximum Gasteiger partial charge on any atom is 0.286 e. The van der Waals surface area contributed by atoms with Gasteiger partial charge in [-0.3, -0.25) is 14.3 Å². The van der Waals surface area contributed by atoms with Crippen molar-refractivity contribution < 1.29 is 28.0 Å². The van der Waals surface area contributed by atoms with Crippen LogP contribution in [0.3, 0.4) is 0 Å². The molecule has 0 saturated heterocycles. The number of allylic oxidation sites excluding steroid dienone is 1. The lowest BCUT2D eigenvalue weighted by Gasteiger charge is -2.46. The van der Waals surface area contributed by atoms with Gasteiger partial charge in [-0.25, -0.2) is 4.21 Å². The lowest BCUT2D eigenvalue weighted by atomic mass is 9.68. The van der Waals surface area contributed by atoms with Gasteiger partial charge in [0.1, 0.15) is 15.7 Å². The topological polar surface area (TPSA) is 111 Å². The zero-order valence-electron chi connectivity index (χ0n) is 30.8. The molecule has 3 aliphatic heterocycles. The molecule has 53 heavy (non-hydrogen) atoms. The minimum absolute atomic E-state index is 0.0143. The summed E-state index contributed by atoms with van der Waals surface area (Å²) in [6.07, 6.45) is 11.7. The number of rotatable bonds is 3. The fourth-order valence-electron chi connectivity index (χ4n) is 9.22. The molecule has 0 radical (unpaired) electrons. The number of benzene rings is 2. The molecule has 2 aromatic carbocycles. The molecule has 10 nitrogen and oxygen atoms in total. The Morgan fingerprint density at radius 1 is 1.19 bits per heavy atom. The number of aryl methyl sites for hydroxylation is 1. The fourth-order valence-corrected chi connectivity index (χ4v) is 11.3. The number of carbonyl (C=O) groups is 2. The monoisotopic (exact) mass is 760 g/mol. The predicted molar refractivity (Wildman–Crippen MR) is 206 cm³/mol. The molecule has 282 valence electrons. The maximum absolute atomic E-state index is 14.7. The van der Waals surface area contributed by atoms with Crippen molar-refractivity contribution in [3.8, 4) is 5.75 Å².